The van der Waals surface area contributed by atoms with E-state index in [-0.39, 0.29) is 0 Å². The molecule has 114 valence electrons. The monoisotopic (exact) mass is 295 g/mol. The molecule has 2 heterocycles. The number of hydrogen-bond donors (Lipinski definition) is 2. The van der Waals surface area contributed by atoms with Crippen LogP contribution < -0.4 is 16.0 Å². The van der Waals surface area contributed by atoms with E-state index in [9.17, 15) is 0 Å². The predicted octanol–water partition coefficient (Wildman–Crippen LogP) is 2.26. The minimum atomic E-state index is 0.313. The van der Waals surface area contributed by atoms with Gasteiger partial charge in [0.1, 0.15) is 5.82 Å². The van der Waals surface area contributed by atoms with Crippen molar-refractivity contribution in [2.75, 3.05) is 23.3 Å². The van der Waals surface area contributed by atoms with Gasteiger partial charge in [0.05, 0.1) is 6.54 Å². The van der Waals surface area contributed by atoms with Crippen LogP contribution in [0.15, 0.2) is 53.7 Å². The summed E-state index contributed by atoms with van der Waals surface area (Å²) in [6, 6.07) is 14.5. The molecule has 0 saturated carbocycles. The molecule has 5 heteroatoms. The van der Waals surface area contributed by atoms with Crippen molar-refractivity contribution >= 4 is 17.5 Å². The molecule has 3 N–H and O–H groups in total. The number of aliphatic imine (C=N–C) groups is 1. The highest BCUT2D eigenvalue weighted by Crippen LogP contribution is 2.29. The first-order chi connectivity index (χ1) is 10.7. The minimum Gasteiger partial charge on any atom is -0.370 e. The lowest BCUT2D eigenvalue weighted by Gasteiger charge is -2.26. The van der Waals surface area contributed by atoms with Crippen LogP contribution in [0.25, 0.3) is 0 Å². The number of rotatable bonds is 4. The van der Waals surface area contributed by atoms with Crippen molar-refractivity contribution in [3.8, 4) is 0 Å². The number of hydrogen-bond acceptors (Lipinski definition) is 3. The van der Waals surface area contributed by atoms with E-state index in [0.29, 0.717) is 24.4 Å². The summed E-state index contributed by atoms with van der Waals surface area (Å²) in [6.45, 7) is 3.88. The van der Waals surface area contributed by atoms with Crippen LogP contribution in [0.3, 0.4) is 0 Å². The number of nitrogens with two attached hydrogens (primary N) is 1. The summed E-state index contributed by atoms with van der Waals surface area (Å²) < 4.78 is 0. The van der Waals surface area contributed by atoms with Gasteiger partial charge in [0.15, 0.2) is 5.96 Å². The van der Waals surface area contributed by atoms with E-state index in [0.717, 1.165) is 13.0 Å². The second kappa shape index (κ2) is 6.47. The maximum atomic E-state index is 5.93. The minimum absolute atomic E-state index is 0.313. The van der Waals surface area contributed by atoms with Gasteiger partial charge in [0.2, 0.25) is 0 Å². The molecule has 3 rings (SSSR count). The summed E-state index contributed by atoms with van der Waals surface area (Å²) in [7, 11) is 0. The zero-order valence-corrected chi connectivity index (χ0v) is 12.7. The van der Waals surface area contributed by atoms with Crippen LogP contribution in [-0.2, 0) is 6.42 Å². The van der Waals surface area contributed by atoms with Crippen LogP contribution in [0, 0.1) is 0 Å². The van der Waals surface area contributed by atoms with Crippen molar-refractivity contribution in [3.63, 3.8) is 0 Å². The van der Waals surface area contributed by atoms with Gasteiger partial charge in [0, 0.05) is 24.5 Å². The number of nitrogens with one attached hydrogen (secondary N) is 1. The van der Waals surface area contributed by atoms with Gasteiger partial charge in [-0.3, -0.25) is 4.99 Å². The first-order valence-electron chi connectivity index (χ1n) is 7.56. The fourth-order valence-corrected chi connectivity index (χ4v) is 2.76. The van der Waals surface area contributed by atoms with Gasteiger partial charge in [-0.25, -0.2) is 4.98 Å². The third kappa shape index (κ3) is 3.19. The maximum Gasteiger partial charge on any atom is 0.194 e. The second-order valence-corrected chi connectivity index (χ2v) is 5.49. The molecule has 0 fully saturated rings. The lowest BCUT2D eigenvalue weighted by molar-refractivity contribution is 0.663. The van der Waals surface area contributed by atoms with Crippen LogP contribution in [0.4, 0.5) is 11.5 Å². The lowest BCUT2D eigenvalue weighted by Crippen LogP contribution is -2.35. The predicted molar refractivity (Wildman–Crippen MR) is 91.3 cm³/mol. The van der Waals surface area contributed by atoms with Gasteiger partial charge in [-0.1, -0.05) is 24.3 Å². The number of guanidine groups is 1. The van der Waals surface area contributed by atoms with Crippen LogP contribution in [0.2, 0.25) is 0 Å². The molecule has 1 aromatic carbocycles. The standard InChI is InChI=1S/C17H21N5/c1-13(22-11-9-14-6-2-3-7-15(14)22)12-20-17(18)21-16-8-4-5-10-19-16/h2-8,10,13H,9,11-12H2,1H3,(H3,18,19,20,21). The van der Waals surface area contributed by atoms with Gasteiger partial charge in [0.25, 0.3) is 0 Å². The van der Waals surface area contributed by atoms with Crippen LogP contribution in [0.1, 0.15) is 12.5 Å². The number of benzene rings is 1. The van der Waals surface area contributed by atoms with Crippen molar-refractivity contribution < 1.29 is 0 Å². The molecule has 1 aliphatic heterocycles. The molecule has 1 atom stereocenters. The molecule has 5 nitrogen and oxygen atoms in total. The molecule has 1 aromatic heterocycles. The van der Waals surface area contributed by atoms with Crippen molar-refractivity contribution in [3.05, 3.63) is 54.2 Å². The Morgan fingerprint density at radius 1 is 1.32 bits per heavy atom. The SMILES string of the molecule is CC(CN=C(N)Nc1ccccn1)N1CCc2ccccc21. The van der Waals surface area contributed by atoms with Crippen molar-refractivity contribution in [2.45, 2.75) is 19.4 Å². The Labute approximate surface area is 130 Å². The normalized spacial score (nSPS) is 15.5. The van der Waals surface area contributed by atoms with Crippen molar-refractivity contribution in [2.24, 2.45) is 10.7 Å². The fraction of sp³-hybridized carbons (Fsp3) is 0.294. The van der Waals surface area contributed by atoms with Gasteiger partial charge < -0.3 is 16.0 Å². The fourth-order valence-electron chi connectivity index (χ4n) is 2.76. The number of nitrogens with zero attached hydrogens (tertiary/aromatic N) is 3. The number of fused-ring (bicyclic) bond motifs is 1. The van der Waals surface area contributed by atoms with Gasteiger partial charge in [-0.2, -0.15) is 0 Å². The van der Waals surface area contributed by atoms with Crippen LogP contribution >= 0.6 is 0 Å². The molecule has 1 unspecified atom stereocenters. The molecule has 0 bridgehead atoms. The van der Waals surface area contributed by atoms with Gasteiger partial charge in [-0.05, 0) is 37.1 Å². The second-order valence-electron chi connectivity index (χ2n) is 5.49. The van der Waals surface area contributed by atoms with E-state index in [1.807, 2.05) is 18.2 Å². The number of pyridine rings is 1. The highest BCUT2D eigenvalue weighted by atomic mass is 15.2. The summed E-state index contributed by atoms with van der Waals surface area (Å²) >= 11 is 0. The third-order valence-electron chi connectivity index (χ3n) is 3.90. The van der Waals surface area contributed by atoms with E-state index < -0.39 is 0 Å². The van der Waals surface area contributed by atoms with E-state index >= 15 is 0 Å². The Kier molecular flexibility index (Phi) is 4.23. The molecule has 0 amide bonds. The number of anilines is 2. The summed E-state index contributed by atoms with van der Waals surface area (Å²) in [5.74, 6) is 1.11. The Balaban J connectivity index is 1.60. The summed E-state index contributed by atoms with van der Waals surface area (Å²) in [5, 5.41) is 3.01. The van der Waals surface area contributed by atoms with E-state index in [4.69, 9.17) is 5.73 Å². The topological polar surface area (TPSA) is 66.5 Å². The first-order valence-corrected chi connectivity index (χ1v) is 7.56. The van der Waals surface area contributed by atoms with E-state index in [1.165, 1.54) is 11.3 Å². The molecule has 1 aliphatic rings. The van der Waals surface area contributed by atoms with Crippen LogP contribution in [-0.4, -0.2) is 30.1 Å². The third-order valence-corrected chi connectivity index (χ3v) is 3.90. The molecular weight excluding hydrogens is 274 g/mol. The Hall–Kier alpha value is -2.56. The van der Waals surface area contributed by atoms with Gasteiger partial charge >= 0.3 is 0 Å². The Morgan fingerprint density at radius 2 is 2.14 bits per heavy atom. The van der Waals surface area contributed by atoms with Crippen molar-refractivity contribution in [1.82, 2.24) is 4.98 Å². The van der Waals surface area contributed by atoms with Gasteiger partial charge in [-0.15, -0.1) is 0 Å². The quantitative estimate of drug-likeness (QED) is 0.671. The molecule has 0 radical (unpaired) electrons. The lowest BCUT2D eigenvalue weighted by atomic mass is 10.2. The first kappa shape index (κ1) is 14.4. The zero-order valence-electron chi connectivity index (χ0n) is 12.7. The zero-order chi connectivity index (χ0) is 15.4. The maximum absolute atomic E-state index is 5.93. The smallest absolute Gasteiger partial charge is 0.194 e. The highest BCUT2D eigenvalue weighted by Gasteiger charge is 2.22. The summed E-state index contributed by atoms with van der Waals surface area (Å²) in [5.41, 5.74) is 8.66. The molecule has 0 saturated heterocycles. The average molecular weight is 295 g/mol. The Morgan fingerprint density at radius 3 is 2.95 bits per heavy atom. The number of aromatic nitrogens is 1. The van der Waals surface area contributed by atoms with Crippen LogP contribution in [0.5, 0.6) is 0 Å². The van der Waals surface area contributed by atoms with Crippen molar-refractivity contribution in [1.29, 1.82) is 0 Å². The summed E-state index contributed by atoms with van der Waals surface area (Å²) in [4.78, 5) is 11.0. The summed E-state index contributed by atoms with van der Waals surface area (Å²) in [6.07, 6.45) is 2.82. The molecule has 2 aromatic rings. The molecule has 0 aliphatic carbocycles. The molecule has 0 spiro atoms. The molecule has 22 heavy (non-hydrogen) atoms. The largest absolute Gasteiger partial charge is 0.370 e. The Bertz CT molecular complexity index is 653. The number of para-hydroxylation sites is 1. The van der Waals surface area contributed by atoms with E-state index in [2.05, 4.69) is 51.4 Å². The highest BCUT2D eigenvalue weighted by molar-refractivity contribution is 5.91. The molecular formula is C17H21N5. The average Bonchev–Trinajstić information content (AvgIpc) is 2.98. The van der Waals surface area contributed by atoms with E-state index in [1.54, 1.807) is 6.20 Å².